The summed E-state index contributed by atoms with van der Waals surface area (Å²) in [7, 11) is 0. The molecule has 0 radical (unpaired) electrons. The molecule has 9 aromatic carbocycles. The molecule has 0 amide bonds. The van der Waals surface area contributed by atoms with E-state index in [2.05, 4.69) is 540 Å². The highest BCUT2D eigenvalue weighted by Crippen LogP contribution is 2.48. The lowest BCUT2D eigenvalue weighted by atomic mass is 9.66. The first kappa shape index (κ1) is 111. The van der Waals surface area contributed by atoms with Gasteiger partial charge in [0.15, 0.2) is 0 Å². The minimum atomic E-state index is -0.173. The summed E-state index contributed by atoms with van der Waals surface area (Å²) >= 11 is 0. The van der Waals surface area contributed by atoms with E-state index in [0.717, 1.165) is 11.1 Å². The van der Waals surface area contributed by atoms with E-state index in [0.29, 0.717) is 11.1 Å². The van der Waals surface area contributed by atoms with Gasteiger partial charge in [-0.3, -0.25) is 0 Å². The molecule has 0 heteroatoms. The third kappa shape index (κ3) is 35.2. The molecular weight excluding hydrogens is 1570 g/mol. The minimum absolute atomic E-state index is 0.0250. The maximum Gasteiger partial charge on any atom is 0.0632 e. The summed E-state index contributed by atoms with van der Waals surface area (Å²) in [6, 6.07) is 58.5. The standard InChI is InChI=1S/C22H38.C21H28.C20H26.3C18H30.C14H22/c1-19(2,3)15-13-16(20(4,5)6)18(22(10,11)12)17(14-15)21(7,8)9;1-15-10-8-11-16(14-15)17-12-9-13-18(20(2,3)4)19(17)21(5,6)7;1-19(2,3)17-14-10-13-16(18(17)20(4,5)6)15-11-8-7-9-12-15;1-16(2,3)13-10-14(17(4,5)6)12-15(11-13)18(7,8)9;2*1-16(2,3)13-10-11-14(17(4,5)6)15(12-13)18(7,8)9;1-13(2,3)11-9-7-8-10-12(11)14(4,5)6/h13-14H,1-12H3;8-14H,1-7H3;7-14H,1-6H3;3*10-12H,1-9H3;7-10H,1-6H3/i;8D,10D,11D,14D;;;;;. The number of hydrogen-bond donors (Lipinski definition) is 0. The molecule has 0 fully saturated rings. The van der Waals surface area contributed by atoms with Gasteiger partial charge in [-0.1, -0.05) is 582 Å². The molecule has 0 bridgehead atoms. The van der Waals surface area contributed by atoms with E-state index in [4.69, 9.17) is 5.48 Å². The van der Waals surface area contributed by atoms with Crippen LogP contribution < -0.4 is 0 Å². The van der Waals surface area contributed by atoms with Gasteiger partial charge in [-0.05, 0) is 238 Å². The predicted octanol–water partition coefficient (Wildman–Crippen LogP) is 40.1. The Balaban J connectivity index is 0.000000408. The van der Waals surface area contributed by atoms with E-state index >= 15 is 0 Å². The van der Waals surface area contributed by atoms with E-state index in [9.17, 15) is 0 Å². The predicted molar refractivity (Wildman–Crippen MR) is 596 cm³/mol. The topological polar surface area (TPSA) is 0 Å². The van der Waals surface area contributed by atoms with Crippen molar-refractivity contribution in [3.63, 3.8) is 0 Å². The van der Waals surface area contributed by atoms with Crippen molar-refractivity contribution in [3.8, 4) is 22.3 Å². The molecule has 0 aliphatic heterocycles. The molecule has 0 heterocycles. The largest absolute Gasteiger partial charge is 0.0632 e. The summed E-state index contributed by atoms with van der Waals surface area (Å²) in [4.78, 5) is 0. The van der Waals surface area contributed by atoms with E-state index < -0.39 is 0 Å². The Morgan fingerprint density at radius 2 is 0.382 bits per heavy atom. The molecular formula is C131H204. The zero-order chi connectivity index (χ0) is 106. The maximum absolute atomic E-state index is 8.52. The molecule has 0 nitrogen and oxygen atoms in total. The zero-order valence-corrected chi connectivity index (χ0v) is 96.5. The number of rotatable bonds is 2. The van der Waals surface area contributed by atoms with Crippen molar-refractivity contribution in [2.24, 2.45) is 0 Å². The van der Waals surface area contributed by atoms with Crippen molar-refractivity contribution in [2.75, 3.05) is 0 Å². The van der Waals surface area contributed by atoms with Crippen LogP contribution in [0.1, 0.15) is 511 Å². The summed E-state index contributed by atoms with van der Waals surface area (Å²) in [5.41, 5.74) is 34.8. The normalized spacial score (nSPS) is 13.8. The first-order valence-corrected chi connectivity index (χ1v) is 49.8. The summed E-state index contributed by atoms with van der Waals surface area (Å²) in [5.74, 6) is 0. The monoisotopic (exact) mass is 1780 g/mol. The van der Waals surface area contributed by atoms with Gasteiger partial charge in [0, 0.05) is 0 Å². The molecule has 0 aliphatic carbocycles. The Labute approximate surface area is 820 Å². The lowest BCUT2D eigenvalue weighted by Gasteiger charge is -2.38. The van der Waals surface area contributed by atoms with E-state index in [1.54, 1.807) is 12.5 Å². The molecule has 0 saturated carbocycles. The first-order valence-electron chi connectivity index (χ1n) is 51.8. The molecule has 728 valence electrons. The van der Waals surface area contributed by atoms with Crippen LogP contribution in [-0.2, 0) is 103 Å². The Kier molecular flexibility index (Phi) is 35.5. The molecule has 0 aliphatic rings. The smallest absolute Gasteiger partial charge is 0.0622 e. The van der Waals surface area contributed by atoms with Crippen molar-refractivity contribution >= 4 is 0 Å². The van der Waals surface area contributed by atoms with Crippen molar-refractivity contribution in [1.29, 1.82) is 0 Å². The quantitative estimate of drug-likeness (QED) is 0.162. The number of benzene rings is 9. The zero-order valence-electron chi connectivity index (χ0n) is 101. The average Bonchev–Trinajstić information content (AvgIpc) is 0.743. The molecule has 131 heavy (non-hydrogen) atoms. The van der Waals surface area contributed by atoms with Crippen LogP contribution >= 0.6 is 0 Å². The van der Waals surface area contributed by atoms with Gasteiger partial charge in [-0.15, -0.1) is 0 Å². The molecule has 0 atom stereocenters. The van der Waals surface area contributed by atoms with E-state index in [1.165, 1.54) is 106 Å². The highest BCUT2D eigenvalue weighted by atomic mass is 14.4. The molecule has 0 N–H and O–H groups in total. The number of hydrogen-bond acceptors (Lipinski definition) is 0. The lowest BCUT2D eigenvalue weighted by Crippen LogP contribution is -2.29. The van der Waals surface area contributed by atoms with Crippen molar-refractivity contribution < 1.29 is 5.48 Å². The van der Waals surface area contributed by atoms with Gasteiger partial charge in [0.2, 0.25) is 0 Å². The van der Waals surface area contributed by atoms with E-state index in [1.807, 2.05) is 12.1 Å². The average molecular weight is 1780 g/mol. The van der Waals surface area contributed by atoms with Crippen molar-refractivity contribution in [1.82, 2.24) is 0 Å². The molecule has 0 unspecified atom stereocenters. The first-order chi connectivity index (χ1) is 59.7. The van der Waals surface area contributed by atoms with Crippen LogP contribution in [-0.4, -0.2) is 0 Å². The lowest BCUT2D eigenvalue weighted by molar-refractivity contribution is 0.490. The summed E-state index contributed by atoms with van der Waals surface area (Å²) in [5, 5.41) is 0. The van der Waals surface area contributed by atoms with Crippen LogP contribution in [0.25, 0.3) is 22.3 Å². The Bertz CT molecular complexity index is 5120. The van der Waals surface area contributed by atoms with E-state index in [-0.39, 0.29) is 127 Å². The van der Waals surface area contributed by atoms with Crippen LogP contribution in [0.4, 0.5) is 0 Å². The molecule has 0 spiro atoms. The van der Waals surface area contributed by atoms with Gasteiger partial charge in [-0.25, -0.2) is 0 Å². The van der Waals surface area contributed by atoms with Gasteiger partial charge in [-0.2, -0.15) is 0 Å². The van der Waals surface area contributed by atoms with Crippen molar-refractivity contribution in [3.05, 3.63) is 293 Å². The maximum atomic E-state index is 8.52. The Morgan fingerprint density at radius 3 is 0.626 bits per heavy atom. The van der Waals surface area contributed by atoms with Gasteiger partial charge in [0.05, 0.1) is 5.48 Å². The second kappa shape index (κ2) is 41.9. The SMILES string of the molecule is CC(C)(C)c1cc(C(C)(C)C)c(C(C)(C)C)c(C(C)(C)C)c1.CC(C)(C)c1cc(C(C)(C)C)cc(C(C)(C)C)c1.CC(C)(C)c1ccc(C(C)(C)C)c(C(C)(C)C)c1.CC(C)(C)c1ccc(C(C)(C)C)c(C(C)(C)C)c1.CC(C)(C)c1cccc(-c2ccccc2)c1C(C)(C)C.CC(C)(C)c1ccccc1C(C)(C)C.[2H]c1c([2H])c(C)c([2H])c(-c2cccc(C(C)(C)C)c2C(C)(C)C)c1[2H]. The van der Waals surface area contributed by atoms with Crippen LogP contribution in [0.2, 0.25) is 0 Å². The second-order valence-electron chi connectivity index (χ2n) is 57.9. The third-order valence-corrected chi connectivity index (χ3v) is 24.8. The van der Waals surface area contributed by atoms with Crippen molar-refractivity contribution in [2.45, 2.75) is 504 Å². The highest BCUT2D eigenvalue weighted by Gasteiger charge is 2.37. The molecule has 9 rings (SSSR count). The Hall–Kier alpha value is -7.02. The summed E-state index contributed by atoms with van der Waals surface area (Å²) < 4.78 is 33.0. The second-order valence-corrected chi connectivity index (χ2v) is 57.9. The molecule has 0 saturated heterocycles. The fourth-order valence-corrected chi connectivity index (χ4v) is 17.0. The van der Waals surface area contributed by atoms with Crippen LogP contribution in [0.3, 0.4) is 0 Å². The molecule has 0 aromatic heterocycles. The Morgan fingerprint density at radius 1 is 0.160 bits per heavy atom. The van der Waals surface area contributed by atoms with Gasteiger partial charge < -0.3 is 0 Å². The van der Waals surface area contributed by atoms with Crippen LogP contribution in [0, 0.1) is 6.92 Å². The summed E-state index contributed by atoms with van der Waals surface area (Å²) in [6.45, 7) is 132. The summed E-state index contributed by atoms with van der Waals surface area (Å²) in [6.07, 6.45) is 0. The fraction of sp³-hybridized carbons (Fsp3) is 0.588. The van der Waals surface area contributed by atoms with Gasteiger partial charge >= 0.3 is 0 Å². The van der Waals surface area contributed by atoms with Crippen LogP contribution in [0.15, 0.2) is 182 Å². The highest BCUT2D eigenvalue weighted by molar-refractivity contribution is 5.73. The minimum Gasteiger partial charge on any atom is -0.0622 e. The molecule has 9 aromatic rings. The van der Waals surface area contributed by atoms with Gasteiger partial charge in [0.1, 0.15) is 0 Å². The van der Waals surface area contributed by atoms with Crippen LogP contribution in [0.5, 0.6) is 0 Å². The third-order valence-electron chi connectivity index (χ3n) is 24.8. The fourth-order valence-electron chi connectivity index (χ4n) is 17.0. The van der Waals surface area contributed by atoms with Gasteiger partial charge in [0.25, 0.3) is 0 Å².